The monoisotopic (exact) mass is 1040 g/mol. The molecule has 388 valence electrons. The minimum atomic E-state index is -0.338. The van der Waals surface area contributed by atoms with Crippen molar-refractivity contribution in [2.75, 3.05) is 21.3 Å². The number of carbonyl (C=O) groups excluding carboxylic acids is 1. The molecule has 2 aliphatic heterocycles. The molecule has 0 saturated heterocycles. The van der Waals surface area contributed by atoms with Gasteiger partial charge in [0, 0.05) is 86.2 Å². The molecule has 2 saturated carbocycles. The number of benzene rings is 6. The van der Waals surface area contributed by atoms with E-state index in [1.165, 1.54) is 0 Å². The van der Waals surface area contributed by atoms with Gasteiger partial charge in [0.25, 0.3) is 0 Å². The topological polar surface area (TPSA) is 204 Å². The van der Waals surface area contributed by atoms with E-state index in [0.717, 1.165) is 134 Å². The second-order valence-corrected chi connectivity index (χ2v) is 21.2. The van der Waals surface area contributed by atoms with Gasteiger partial charge in [-0.05, 0) is 116 Å². The third-order valence-corrected chi connectivity index (χ3v) is 16.4. The number of hydrogen-bond donors (Lipinski definition) is 6. The molecule has 0 unspecified atom stereocenters. The zero-order chi connectivity index (χ0) is 53.5. The van der Waals surface area contributed by atoms with Crippen LogP contribution in [0.1, 0.15) is 49.7 Å². The van der Waals surface area contributed by atoms with Gasteiger partial charge in [-0.15, -0.1) is 0 Å². The van der Waals surface area contributed by atoms with Crippen LogP contribution in [0.3, 0.4) is 0 Å². The average molecular weight is 1050 g/mol. The van der Waals surface area contributed by atoms with E-state index < -0.39 is 0 Å². The molecule has 0 bridgehead atoms. The molecule has 7 heterocycles. The summed E-state index contributed by atoms with van der Waals surface area (Å²) in [6, 6.07) is 56.4. The van der Waals surface area contributed by atoms with E-state index in [0.29, 0.717) is 40.4 Å². The van der Waals surface area contributed by atoms with Crippen molar-refractivity contribution in [3.63, 3.8) is 0 Å². The first-order valence-corrected chi connectivity index (χ1v) is 27.0. The van der Waals surface area contributed by atoms with E-state index in [1.54, 1.807) is 12.4 Å². The average Bonchev–Trinajstić information content (AvgIpc) is 3.98. The molecule has 4 aliphatic rings. The molecule has 2 amide bonds. The minimum Gasteiger partial charge on any atom is -0.338 e. The van der Waals surface area contributed by atoms with Crippen LogP contribution in [0, 0.1) is 0 Å². The number of nitrogens with zero attached hydrogens (tertiary/aromatic N) is 8. The number of imidazole rings is 2. The number of anilines is 6. The highest BCUT2D eigenvalue weighted by Gasteiger charge is 2.37. The van der Waals surface area contributed by atoms with Crippen LogP contribution >= 0.6 is 0 Å². The van der Waals surface area contributed by atoms with Crippen molar-refractivity contribution < 1.29 is 4.79 Å². The fourth-order valence-electron chi connectivity index (χ4n) is 11.8. The quantitative estimate of drug-likeness (QED) is 0.0802. The summed E-state index contributed by atoms with van der Waals surface area (Å²) in [5.41, 5.74) is 29.3. The Morgan fingerprint density at radius 2 is 0.988 bits per heavy atom. The summed E-state index contributed by atoms with van der Waals surface area (Å²) >= 11 is 0. The molecule has 15 rings (SSSR count). The number of fused-ring (bicyclic) bond motifs is 10. The summed E-state index contributed by atoms with van der Waals surface area (Å²) in [7, 11) is 0. The highest BCUT2D eigenvalue weighted by molar-refractivity contribution is 6.01. The van der Waals surface area contributed by atoms with Crippen LogP contribution in [0.25, 0.3) is 90.6 Å². The molecule has 0 atom stereocenters. The predicted octanol–water partition coefficient (Wildman–Crippen LogP) is 13.7. The van der Waals surface area contributed by atoms with Crippen molar-refractivity contribution in [1.29, 1.82) is 0 Å². The highest BCUT2D eigenvalue weighted by Crippen LogP contribution is 2.50. The Morgan fingerprint density at radius 3 is 1.60 bits per heavy atom. The number of nitrogens with two attached hydrogens (primary N) is 2. The van der Waals surface area contributed by atoms with Gasteiger partial charge in [-0.25, -0.2) is 34.7 Å². The third kappa shape index (κ3) is 7.84. The summed E-state index contributed by atoms with van der Waals surface area (Å²) in [6.45, 7) is 0. The Balaban J connectivity index is 0.855. The minimum absolute atomic E-state index is 0.314. The second-order valence-electron chi connectivity index (χ2n) is 21.2. The number of aromatic nitrogens is 8. The van der Waals surface area contributed by atoms with Gasteiger partial charge >= 0.3 is 6.03 Å². The molecule has 0 spiro atoms. The van der Waals surface area contributed by atoms with Gasteiger partial charge in [-0.1, -0.05) is 103 Å². The van der Waals surface area contributed by atoms with E-state index in [4.69, 9.17) is 41.4 Å². The molecule has 0 radical (unpaired) electrons. The number of amides is 2. The van der Waals surface area contributed by atoms with Gasteiger partial charge in [0.2, 0.25) is 0 Å². The van der Waals surface area contributed by atoms with E-state index >= 15 is 0 Å². The molecule has 2 fully saturated rings. The van der Waals surface area contributed by atoms with Crippen LogP contribution in [-0.4, -0.2) is 45.1 Å². The largest absolute Gasteiger partial charge is 0.338 e. The second kappa shape index (κ2) is 18.5. The standard InChI is InChI=1S/C65H52N14O/c66-64(31-9-32-64)43-25-19-40(20-26-43)56-53(39-23-29-46(30-24-39)73-63(80)72-45-11-2-1-3-12-45)76-62-49-15-6-14-47(54(49)75-59-52(78(56)62)18-8-36-69-59)42-37-70-60(71-38-42)55-57(41-21-27-44(28-22-41)65(67)33-10-34-65)79-51-17-7-35-68-58(51)74-50-16-5-4-13-48(50)61(79)77-55/h1-8,11-30,35-38H,9-10,31-34,66-67H2,(H,68,74)(H,69,75)(H2,72,73,80). The van der Waals surface area contributed by atoms with E-state index in [-0.39, 0.29) is 17.1 Å². The number of rotatable bonds is 9. The van der Waals surface area contributed by atoms with E-state index in [2.05, 4.69) is 109 Å². The normalized spacial score (nSPS) is 14.8. The van der Waals surface area contributed by atoms with Crippen molar-refractivity contribution in [2.45, 2.75) is 49.6 Å². The summed E-state index contributed by atoms with van der Waals surface area (Å²) in [5, 5.41) is 13.2. The molecule has 2 aliphatic carbocycles. The first kappa shape index (κ1) is 47.1. The van der Waals surface area contributed by atoms with Crippen molar-refractivity contribution in [2.24, 2.45) is 11.5 Å². The molecule has 5 aromatic heterocycles. The Bertz CT molecular complexity index is 4220. The first-order valence-electron chi connectivity index (χ1n) is 27.0. The lowest BCUT2D eigenvalue weighted by Gasteiger charge is -2.38. The summed E-state index contributed by atoms with van der Waals surface area (Å²) in [4.78, 5) is 44.2. The van der Waals surface area contributed by atoms with Crippen molar-refractivity contribution >= 4 is 40.4 Å². The number of para-hydroxylation sites is 3. The SMILES string of the molecule is NC1(c2ccc(-c3c(-c4ccc(NC(=O)Nc5ccccc5)cc4)nc4n3-c3cccnc3Nc3c(-c5cnc(-c6nc7n(c6-c6ccc(C8(N)CCC8)cc6)-c6cccnc6Nc6ccccc6-7)nc5)cccc3-4)cc2)CCC1. The molecule has 80 heavy (non-hydrogen) atoms. The van der Waals surface area contributed by atoms with Crippen LogP contribution in [0.2, 0.25) is 0 Å². The van der Waals surface area contributed by atoms with Gasteiger partial charge < -0.3 is 32.7 Å². The number of hydrogen-bond acceptors (Lipinski definition) is 11. The Morgan fingerprint density at radius 1 is 0.475 bits per heavy atom. The lowest BCUT2D eigenvalue weighted by molar-refractivity contribution is 0.253. The van der Waals surface area contributed by atoms with Gasteiger partial charge in [0.1, 0.15) is 17.3 Å². The maximum atomic E-state index is 13.1. The zero-order valence-corrected chi connectivity index (χ0v) is 43.4. The Labute approximate surface area is 460 Å². The highest BCUT2D eigenvalue weighted by atomic mass is 16.2. The van der Waals surface area contributed by atoms with Gasteiger partial charge in [0.05, 0.1) is 39.8 Å². The Kier molecular flexibility index (Phi) is 10.9. The molecule has 15 nitrogen and oxygen atoms in total. The molecule has 15 heteroatoms. The van der Waals surface area contributed by atoms with Crippen LogP contribution < -0.4 is 32.7 Å². The number of pyridine rings is 2. The summed E-state index contributed by atoms with van der Waals surface area (Å²) in [6.07, 6.45) is 13.4. The van der Waals surface area contributed by atoms with Crippen molar-refractivity contribution in [1.82, 2.24) is 39.0 Å². The van der Waals surface area contributed by atoms with E-state index in [9.17, 15) is 4.79 Å². The smallest absolute Gasteiger partial charge is 0.323 e. The molecule has 6 aromatic carbocycles. The fraction of sp³-hybridized carbons (Fsp3) is 0.123. The molecular weight excluding hydrogens is 993 g/mol. The molecule has 11 aromatic rings. The predicted molar refractivity (Wildman–Crippen MR) is 315 cm³/mol. The van der Waals surface area contributed by atoms with Crippen LogP contribution in [-0.2, 0) is 11.1 Å². The molecular formula is C65H52N14O. The van der Waals surface area contributed by atoms with Crippen LogP contribution in [0.5, 0.6) is 0 Å². The number of carbonyl (C=O) groups is 1. The van der Waals surface area contributed by atoms with Crippen molar-refractivity contribution in [3.05, 3.63) is 206 Å². The zero-order valence-electron chi connectivity index (χ0n) is 43.4. The van der Waals surface area contributed by atoms with Gasteiger partial charge in [0.15, 0.2) is 17.5 Å². The summed E-state index contributed by atoms with van der Waals surface area (Å²) in [5.74, 6) is 3.28. The van der Waals surface area contributed by atoms with Crippen LogP contribution in [0.15, 0.2) is 195 Å². The maximum absolute atomic E-state index is 13.1. The van der Waals surface area contributed by atoms with Gasteiger partial charge in [-0.2, -0.15) is 0 Å². The number of nitrogens with one attached hydrogen (secondary N) is 4. The Hall–Kier alpha value is -10.1. The van der Waals surface area contributed by atoms with Crippen LogP contribution in [0.4, 0.5) is 39.2 Å². The molecule has 8 N–H and O–H groups in total. The van der Waals surface area contributed by atoms with E-state index in [1.807, 2.05) is 103 Å². The third-order valence-electron chi connectivity index (χ3n) is 16.4. The van der Waals surface area contributed by atoms with Gasteiger partial charge in [-0.3, -0.25) is 9.13 Å². The fourth-order valence-corrected chi connectivity index (χ4v) is 11.8. The number of urea groups is 1. The summed E-state index contributed by atoms with van der Waals surface area (Å²) < 4.78 is 4.38. The lowest BCUT2D eigenvalue weighted by Crippen LogP contribution is -2.43. The maximum Gasteiger partial charge on any atom is 0.323 e. The lowest BCUT2D eigenvalue weighted by atomic mass is 9.72. The van der Waals surface area contributed by atoms with Crippen molar-refractivity contribution in [3.8, 4) is 90.6 Å². The first-order chi connectivity index (χ1) is 39.2.